The smallest absolute Gasteiger partial charge is 0.255 e. The van der Waals surface area contributed by atoms with Gasteiger partial charge in [-0.15, -0.1) is 0 Å². The molecule has 0 unspecified atom stereocenters. The highest BCUT2D eigenvalue weighted by atomic mass is 17.1. The molecule has 0 aliphatic rings. The van der Waals surface area contributed by atoms with Crippen LogP contribution in [0, 0.1) is 0 Å². The van der Waals surface area contributed by atoms with Crippen molar-refractivity contribution in [3.63, 3.8) is 0 Å². The Kier molecular flexibility index (Phi) is 4.00. The Labute approximate surface area is 110 Å². The van der Waals surface area contributed by atoms with Gasteiger partial charge >= 0.3 is 0 Å². The third-order valence-corrected chi connectivity index (χ3v) is 2.57. The topological polar surface area (TPSA) is 67.8 Å². The van der Waals surface area contributed by atoms with Gasteiger partial charge in [-0.05, 0) is 48.5 Å². The van der Waals surface area contributed by atoms with Gasteiger partial charge in [0.05, 0.1) is 7.11 Å². The zero-order valence-electron chi connectivity index (χ0n) is 10.3. The van der Waals surface area contributed by atoms with Gasteiger partial charge in [0.2, 0.25) is 0 Å². The van der Waals surface area contributed by atoms with Gasteiger partial charge in [-0.3, -0.25) is 4.79 Å². The first-order valence-electron chi connectivity index (χ1n) is 5.60. The van der Waals surface area contributed by atoms with Crippen LogP contribution in [-0.4, -0.2) is 18.3 Å². The van der Waals surface area contributed by atoms with E-state index in [0.717, 1.165) is 0 Å². The number of benzene rings is 2. The Morgan fingerprint density at radius 1 is 1.00 bits per heavy atom. The standard InChI is InChI=1S/C14H13NO4/c1-18-12-6-2-10(3-7-12)14(16)15-11-4-8-13(19-17)9-5-11/h2-9,17H,1H3,(H,15,16). The predicted octanol–water partition coefficient (Wildman–Crippen LogP) is 2.80. The van der Waals surface area contributed by atoms with E-state index in [0.29, 0.717) is 22.7 Å². The fourth-order valence-corrected chi connectivity index (χ4v) is 1.54. The van der Waals surface area contributed by atoms with Crippen LogP contribution in [0.5, 0.6) is 11.5 Å². The lowest BCUT2D eigenvalue weighted by atomic mass is 10.2. The summed E-state index contributed by atoms with van der Waals surface area (Å²) in [5, 5.41) is 11.2. The van der Waals surface area contributed by atoms with Gasteiger partial charge in [-0.1, -0.05) is 0 Å². The summed E-state index contributed by atoms with van der Waals surface area (Å²) in [7, 11) is 1.57. The number of carbonyl (C=O) groups is 1. The maximum atomic E-state index is 11.9. The molecule has 0 saturated carbocycles. The Morgan fingerprint density at radius 2 is 1.58 bits per heavy atom. The highest BCUT2D eigenvalue weighted by Gasteiger charge is 2.06. The molecule has 5 heteroatoms. The molecule has 0 bridgehead atoms. The molecule has 2 N–H and O–H groups in total. The van der Waals surface area contributed by atoms with Crippen molar-refractivity contribution in [1.29, 1.82) is 0 Å². The van der Waals surface area contributed by atoms with Crippen molar-refractivity contribution < 1.29 is 19.7 Å². The number of carbonyl (C=O) groups excluding carboxylic acids is 1. The van der Waals surface area contributed by atoms with Crippen LogP contribution >= 0.6 is 0 Å². The van der Waals surface area contributed by atoms with Gasteiger partial charge < -0.3 is 14.9 Å². The second-order valence-electron chi connectivity index (χ2n) is 3.80. The number of amides is 1. The number of rotatable bonds is 4. The van der Waals surface area contributed by atoms with Gasteiger partial charge in [0.1, 0.15) is 5.75 Å². The summed E-state index contributed by atoms with van der Waals surface area (Å²) in [6.45, 7) is 0. The molecule has 19 heavy (non-hydrogen) atoms. The van der Waals surface area contributed by atoms with E-state index in [1.165, 1.54) is 0 Å². The minimum Gasteiger partial charge on any atom is -0.497 e. The van der Waals surface area contributed by atoms with E-state index in [1.807, 2.05) is 0 Å². The predicted molar refractivity (Wildman–Crippen MR) is 70.6 cm³/mol. The summed E-state index contributed by atoms with van der Waals surface area (Å²) in [6.07, 6.45) is 0. The van der Waals surface area contributed by atoms with Crippen molar-refractivity contribution in [2.75, 3.05) is 12.4 Å². The Balaban J connectivity index is 2.06. The van der Waals surface area contributed by atoms with E-state index in [2.05, 4.69) is 10.2 Å². The number of hydrogen-bond acceptors (Lipinski definition) is 4. The number of hydrogen-bond donors (Lipinski definition) is 2. The van der Waals surface area contributed by atoms with Crippen LogP contribution < -0.4 is 14.9 Å². The van der Waals surface area contributed by atoms with Crippen LogP contribution in [-0.2, 0) is 0 Å². The molecule has 98 valence electrons. The summed E-state index contributed by atoms with van der Waals surface area (Å²) in [4.78, 5) is 16.0. The summed E-state index contributed by atoms with van der Waals surface area (Å²) >= 11 is 0. The molecule has 0 saturated heterocycles. The maximum absolute atomic E-state index is 11.9. The van der Waals surface area contributed by atoms with Crippen LogP contribution in [0.25, 0.3) is 0 Å². The average molecular weight is 259 g/mol. The quantitative estimate of drug-likeness (QED) is 0.654. The molecule has 2 rings (SSSR count). The lowest BCUT2D eigenvalue weighted by molar-refractivity contribution is -0.137. The van der Waals surface area contributed by atoms with E-state index in [4.69, 9.17) is 9.99 Å². The Hall–Kier alpha value is -2.53. The zero-order chi connectivity index (χ0) is 13.7. The normalized spacial score (nSPS) is 9.79. The lowest BCUT2D eigenvalue weighted by Gasteiger charge is -2.06. The van der Waals surface area contributed by atoms with Gasteiger partial charge in [0, 0.05) is 11.3 Å². The molecule has 0 atom stereocenters. The fourth-order valence-electron chi connectivity index (χ4n) is 1.54. The molecular formula is C14H13NO4. The van der Waals surface area contributed by atoms with Gasteiger partial charge in [0.25, 0.3) is 5.91 Å². The van der Waals surface area contributed by atoms with Crippen molar-refractivity contribution in [2.24, 2.45) is 0 Å². The van der Waals surface area contributed by atoms with Gasteiger partial charge in [-0.25, -0.2) is 5.26 Å². The van der Waals surface area contributed by atoms with Crippen molar-refractivity contribution in [3.8, 4) is 11.5 Å². The maximum Gasteiger partial charge on any atom is 0.255 e. The molecule has 2 aromatic carbocycles. The molecule has 2 aromatic rings. The lowest BCUT2D eigenvalue weighted by Crippen LogP contribution is -2.11. The van der Waals surface area contributed by atoms with Crippen LogP contribution in [0.1, 0.15) is 10.4 Å². The van der Waals surface area contributed by atoms with Crippen molar-refractivity contribution in [2.45, 2.75) is 0 Å². The Bertz CT molecular complexity index is 549. The highest BCUT2D eigenvalue weighted by Crippen LogP contribution is 2.17. The minimum atomic E-state index is -0.222. The molecule has 0 radical (unpaired) electrons. The van der Waals surface area contributed by atoms with E-state index >= 15 is 0 Å². The van der Waals surface area contributed by atoms with E-state index < -0.39 is 0 Å². The highest BCUT2D eigenvalue weighted by molar-refractivity contribution is 6.04. The van der Waals surface area contributed by atoms with Crippen LogP contribution in [0.2, 0.25) is 0 Å². The zero-order valence-corrected chi connectivity index (χ0v) is 10.3. The van der Waals surface area contributed by atoms with Crippen molar-refractivity contribution in [1.82, 2.24) is 0 Å². The Morgan fingerprint density at radius 3 is 2.11 bits per heavy atom. The summed E-state index contributed by atoms with van der Waals surface area (Å²) < 4.78 is 5.02. The first-order valence-corrected chi connectivity index (χ1v) is 5.60. The molecule has 0 spiro atoms. The van der Waals surface area contributed by atoms with E-state index in [1.54, 1.807) is 55.6 Å². The monoisotopic (exact) mass is 259 g/mol. The number of methoxy groups -OCH3 is 1. The molecule has 1 amide bonds. The third kappa shape index (κ3) is 3.23. The summed E-state index contributed by atoms with van der Waals surface area (Å²) in [6, 6.07) is 13.2. The molecular weight excluding hydrogens is 246 g/mol. The third-order valence-electron chi connectivity index (χ3n) is 2.57. The first-order chi connectivity index (χ1) is 9.22. The van der Waals surface area contributed by atoms with E-state index in [-0.39, 0.29) is 5.91 Å². The SMILES string of the molecule is COc1ccc(C(=O)Nc2ccc(OO)cc2)cc1. The largest absolute Gasteiger partial charge is 0.497 e. The molecule has 5 nitrogen and oxygen atoms in total. The number of ether oxygens (including phenoxy) is 1. The van der Waals surface area contributed by atoms with E-state index in [9.17, 15) is 4.79 Å². The van der Waals surface area contributed by atoms with Crippen molar-refractivity contribution >= 4 is 11.6 Å². The fraction of sp³-hybridized carbons (Fsp3) is 0.0714. The first kappa shape index (κ1) is 12.9. The molecule has 0 heterocycles. The average Bonchev–Trinajstić information content (AvgIpc) is 2.48. The van der Waals surface area contributed by atoms with Crippen LogP contribution in [0.15, 0.2) is 48.5 Å². The summed E-state index contributed by atoms with van der Waals surface area (Å²) in [5.41, 5.74) is 1.14. The minimum absolute atomic E-state index is 0.222. The number of nitrogens with one attached hydrogen (secondary N) is 1. The van der Waals surface area contributed by atoms with Crippen LogP contribution in [0.4, 0.5) is 5.69 Å². The molecule has 0 aliphatic heterocycles. The molecule has 0 aliphatic carbocycles. The summed E-state index contributed by atoms with van der Waals surface area (Å²) in [5.74, 6) is 0.781. The molecule has 0 aromatic heterocycles. The second kappa shape index (κ2) is 5.88. The second-order valence-corrected chi connectivity index (χ2v) is 3.80. The number of anilines is 1. The van der Waals surface area contributed by atoms with Crippen molar-refractivity contribution in [3.05, 3.63) is 54.1 Å². The van der Waals surface area contributed by atoms with Gasteiger partial charge in [-0.2, -0.15) is 0 Å². The molecule has 0 fully saturated rings. The van der Waals surface area contributed by atoms with Gasteiger partial charge in [0.15, 0.2) is 5.75 Å². The van der Waals surface area contributed by atoms with Crippen LogP contribution in [0.3, 0.4) is 0 Å².